The Morgan fingerprint density at radius 3 is 3.17 bits per heavy atom. The van der Waals surface area contributed by atoms with Crippen molar-refractivity contribution in [3.8, 4) is 0 Å². The van der Waals surface area contributed by atoms with Crippen molar-refractivity contribution in [1.29, 1.82) is 0 Å². The summed E-state index contributed by atoms with van der Waals surface area (Å²) in [6.07, 6.45) is 3.65. The fourth-order valence-corrected chi connectivity index (χ4v) is 2.22. The number of nitrogens with zero attached hydrogens (tertiary/aromatic N) is 2. The maximum Gasteiger partial charge on any atom is 0.128 e. The molecule has 1 aliphatic heterocycles. The summed E-state index contributed by atoms with van der Waals surface area (Å²) < 4.78 is 5.76. The van der Waals surface area contributed by atoms with Crippen LogP contribution in [0.4, 0.5) is 5.82 Å². The molecule has 1 aromatic rings. The smallest absolute Gasteiger partial charge is 0.128 e. The van der Waals surface area contributed by atoms with Crippen LogP contribution >= 0.6 is 0 Å². The van der Waals surface area contributed by atoms with E-state index in [0.29, 0.717) is 0 Å². The summed E-state index contributed by atoms with van der Waals surface area (Å²) in [7, 11) is 0. The van der Waals surface area contributed by atoms with E-state index in [1.165, 1.54) is 0 Å². The van der Waals surface area contributed by atoms with Gasteiger partial charge in [0.15, 0.2) is 0 Å². The molecule has 2 atom stereocenters. The summed E-state index contributed by atoms with van der Waals surface area (Å²) in [6, 6.07) is 3.84. The summed E-state index contributed by atoms with van der Waals surface area (Å²) in [6.45, 7) is 6.60. The Hall–Kier alpha value is -1.13. The summed E-state index contributed by atoms with van der Waals surface area (Å²) in [5, 5.41) is 9.63. The Labute approximate surface area is 109 Å². The molecule has 1 N–H and O–H groups in total. The van der Waals surface area contributed by atoms with Gasteiger partial charge in [-0.05, 0) is 37.5 Å². The molecule has 100 valence electrons. The lowest BCUT2D eigenvalue weighted by molar-refractivity contribution is 0.0664. The molecule has 2 heterocycles. The van der Waals surface area contributed by atoms with E-state index in [1.54, 1.807) is 13.1 Å². The van der Waals surface area contributed by atoms with Gasteiger partial charge in [-0.1, -0.05) is 6.92 Å². The third-order valence-corrected chi connectivity index (χ3v) is 3.38. The normalized spacial score (nSPS) is 22.6. The maximum absolute atomic E-state index is 9.63. The summed E-state index contributed by atoms with van der Waals surface area (Å²) in [5.74, 6) is 0.942. The van der Waals surface area contributed by atoms with E-state index in [1.807, 2.05) is 12.1 Å². The quantitative estimate of drug-likeness (QED) is 0.892. The van der Waals surface area contributed by atoms with Crippen LogP contribution in [0.25, 0.3) is 0 Å². The zero-order valence-electron chi connectivity index (χ0n) is 11.2. The summed E-state index contributed by atoms with van der Waals surface area (Å²) >= 11 is 0. The van der Waals surface area contributed by atoms with E-state index in [4.69, 9.17) is 4.74 Å². The first-order valence-electron chi connectivity index (χ1n) is 6.71. The molecule has 0 aliphatic carbocycles. The number of anilines is 1. The van der Waals surface area contributed by atoms with Gasteiger partial charge in [0.05, 0.1) is 12.2 Å². The standard InChI is InChI=1S/C14H22N2O2/c1-3-13-10-16(7-4-8-18-13)14-9-12(11(2)17)5-6-15-14/h5-6,9,11,13,17H,3-4,7-8,10H2,1-2H3/t11-,13?/m1/s1. The molecule has 0 radical (unpaired) electrons. The Morgan fingerprint density at radius 2 is 2.44 bits per heavy atom. The van der Waals surface area contributed by atoms with Crippen molar-refractivity contribution in [2.24, 2.45) is 0 Å². The van der Waals surface area contributed by atoms with Crippen molar-refractivity contribution in [1.82, 2.24) is 4.98 Å². The lowest BCUT2D eigenvalue weighted by Gasteiger charge is -2.24. The second-order valence-corrected chi connectivity index (χ2v) is 4.82. The fourth-order valence-electron chi connectivity index (χ4n) is 2.22. The first kappa shape index (κ1) is 13.3. The molecule has 1 aromatic heterocycles. The maximum atomic E-state index is 9.63. The molecule has 1 unspecified atom stereocenters. The molecule has 0 saturated carbocycles. The van der Waals surface area contributed by atoms with Crippen molar-refractivity contribution in [3.63, 3.8) is 0 Å². The topological polar surface area (TPSA) is 45.6 Å². The molecular formula is C14H22N2O2. The molecular weight excluding hydrogens is 228 g/mol. The van der Waals surface area contributed by atoms with Gasteiger partial charge in [0, 0.05) is 25.9 Å². The van der Waals surface area contributed by atoms with Gasteiger partial charge in [0.25, 0.3) is 0 Å². The van der Waals surface area contributed by atoms with E-state index in [0.717, 1.165) is 43.9 Å². The fraction of sp³-hybridized carbons (Fsp3) is 0.643. The average molecular weight is 250 g/mol. The molecule has 1 fully saturated rings. The average Bonchev–Trinajstić information content (AvgIpc) is 2.64. The van der Waals surface area contributed by atoms with Gasteiger partial charge >= 0.3 is 0 Å². The largest absolute Gasteiger partial charge is 0.389 e. The Bertz CT molecular complexity index is 382. The van der Waals surface area contributed by atoms with Crippen molar-refractivity contribution >= 4 is 5.82 Å². The second-order valence-electron chi connectivity index (χ2n) is 4.82. The van der Waals surface area contributed by atoms with Gasteiger partial charge in [-0.2, -0.15) is 0 Å². The first-order valence-corrected chi connectivity index (χ1v) is 6.71. The molecule has 1 saturated heterocycles. The number of aliphatic hydroxyl groups is 1. The lowest BCUT2D eigenvalue weighted by Crippen LogP contribution is -2.32. The van der Waals surface area contributed by atoms with Gasteiger partial charge in [0.2, 0.25) is 0 Å². The van der Waals surface area contributed by atoms with Crippen LogP contribution in [0, 0.1) is 0 Å². The van der Waals surface area contributed by atoms with Gasteiger partial charge in [0.1, 0.15) is 5.82 Å². The first-order chi connectivity index (χ1) is 8.70. The minimum atomic E-state index is -0.447. The third kappa shape index (κ3) is 3.21. The van der Waals surface area contributed by atoms with Crippen LogP contribution in [0.1, 0.15) is 38.4 Å². The van der Waals surface area contributed by atoms with Crippen molar-refractivity contribution in [2.75, 3.05) is 24.6 Å². The zero-order chi connectivity index (χ0) is 13.0. The van der Waals surface area contributed by atoms with Crippen molar-refractivity contribution in [2.45, 2.75) is 38.9 Å². The number of ether oxygens (including phenoxy) is 1. The Balaban J connectivity index is 2.15. The predicted molar refractivity (Wildman–Crippen MR) is 71.7 cm³/mol. The SMILES string of the molecule is CCC1CN(c2cc([C@@H](C)O)ccn2)CCCO1. The van der Waals surface area contributed by atoms with Crippen LogP contribution in [0.5, 0.6) is 0 Å². The highest BCUT2D eigenvalue weighted by molar-refractivity contribution is 5.41. The molecule has 0 spiro atoms. The van der Waals surface area contributed by atoms with E-state index in [-0.39, 0.29) is 6.10 Å². The number of hydrogen-bond acceptors (Lipinski definition) is 4. The molecule has 0 amide bonds. The van der Waals surface area contributed by atoms with E-state index in [9.17, 15) is 5.11 Å². The van der Waals surface area contributed by atoms with Crippen LogP contribution in [-0.2, 0) is 4.74 Å². The van der Waals surface area contributed by atoms with Crippen LogP contribution in [0.15, 0.2) is 18.3 Å². The Morgan fingerprint density at radius 1 is 1.61 bits per heavy atom. The number of pyridine rings is 1. The van der Waals surface area contributed by atoms with Crippen LogP contribution in [0.2, 0.25) is 0 Å². The van der Waals surface area contributed by atoms with Gasteiger partial charge in [-0.25, -0.2) is 4.98 Å². The van der Waals surface area contributed by atoms with Crippen molar-refractivity contribution < 1.29 is 9.84 Å². The summed E-state index contributed by atoms with van der Waals surface area (Å²) in [5.41, 5.74) is 0.915. The Kier molecular flexibility index (Phi) is 4.55. The van der Waals surface area contributed by atoms with Crippen LogP contribution in [0.3, 0.4) is 0 Å². The summed E-state index contributed by atoms with van der Waals surface area (Å²) in [4.78, 5) is 6.67. The molecule has 4 heteroatoms. The van der Waals surface area contributed by atoms with Gasteiger partial charge < -0.3 is 14.7 Å². The van der Waals surface area contributed by atoms with Crippen LogP contribution in [-0.4, -0.2) is 35.9 Å². The molecule has 0 bridgehead atoms. The molecule has 0 aromatic carbocycles. The number of aromatic nitrogens is 1. The van der Waals surface area contributed by atoms with Gasteiger partial charge in [-0.3, -0.25) is 0 Å². The highest BCUT2D eigenvalue weighted by Crippen LogP contribution is 2.20. The zero-order valence-corrected chi connectivity index (χ0v) is 11.2. The number of rotatable bonds is 3. The van der Waals surface area contributed by atoms with E-state index in [2.05, 4.69) is 16.8 Å². The minimum Gasteiger partial charge on any atom is -0.389 e. The number of aliphatic hydroxyl groups excluding tert-OH is 1. The molecule has 1 aliphatic rings. The minimum absolute atomic E-state index is 0.282. The third-order valence-electron chi connectivity index (χ3n) is 3.38. The molecule has 2 rings (SSSR count). The number of hydrogen-bond donors (Lipinski definition) is 1. The highest BCUT2D eigenvalue weighted by atomic mass is 16.5. The second kappa shape index (κ2) is 6.16. The van der Waals surface area contributed by atoms with Crippen LogP contribution < -0.4 is 4.90 Å². The van der Waals surface area contributed by atoms with Gasteiger partial charge in [-0.15, -0.1) is 0 Å². The monoisotopic (exact) mass is 250 g/mol. The predicted octanol–water partition coefficient (Wildman–Crippen LogP) is 2.14. The molecule has 4 nitrogen and oxygen atoms in total. The molecule has 18 heavy (non-hydrogen) atoms. The highest BCUT2D eigenvalue weighted by Gasteiger charge is 2.18. The van der Waals surface area contributed by atoms with E-state index >= 15 is 0 Å². The van der Waals surface area contributed by atoms with Crippen molar-refractivity contribution in [3.05, 3.63) is 23.9 Å². The lowest BCUT2D eigenvalue weighted by atomic mass is 10.1. The van der Waals surface area contributed by atoms with E-state index < -0.39 is 6.10 Å².